The third-order valence-electron chi connectivity index (χ3n) is 6.00. The van der Waals surface area contributed by atoms with E-state index in [1.165, 1.54) is 10.4 Å². The van der Waals surface area contributed by atoms with Gasteiger partial charge < -0.3 is 14.0 Å². The van der Waals surface area contributed by atoms with Crippen LogP contribution in [0.1, 0.15) is 27.7 Å². The van der Waals surface area contributed by atoms with Crippen LogP contribution in [0, 0.1) is 0 Å². The third kappa shape index (κ3) is 2.41. The first-order valence-electron chi connectivity index (χ1n) is 8.90. The lowest BCUT2D eigenvalue weighted by molar-refractivity contribution is 0.00578. The average Bonchev–Trinajstić information content (AvgIpc) is 2.75. The summed E-state index contributed by atoms with van der Waals surface area (Å²) in [4.78, 5) is 0. The summed E-state index contributed by atoms with van der Waals surface area (Å²) in [5, 5.41) is 2.65. The largest absolute Gasteiger partial charge is 0.498 e. The van der Waals surface area contributed by atoms with Gasteiger partial charge in [0.2, 0.25) is 0 Å². The van der Waals surface area contributed by atoms with Gasteiger partial charge >= 0.3 is 7.12 Å². The van der Waals surface area contributed by atoms with Gasteiger partial charge in [0.05, 0.1) is 11.2 Å². The maximum Gasteiger partial charge on any atom is 0.498 e. The van der Waals surface area contributed by atoms with E-state index in [1.807, 2.05) is 6.07 Å². The first-order chi connectivity index (χ1) is 11.6. The molecule has 25 heavy (non-hydrogen) atoms. The topological polar surface area (TPSA) is 27.7 Å². The molecule has 2 aromatic carbocycles. The molecule has 0 atom stereocenters. The van der Waals surface area contributed by atoms with Gasteiger partial charge in [-0.05, 0) is 44.1 Å². The zero-order valence-corrected chi connectivity index (χ0v) is 16.8. The summed E-state index contributed by atoms with van der Waals surface area (Å²) in [7, 11) is -2.23. The van der Waals surface area contributed by atoms with Crippen molar-refractivity contribution in [2.75, 3.05) is 0 Å². The molecule has 0 saturated carbocycles. The normalized spacial score (nSPS) is 22.1. The van der Waals surface area contributed by atoms with Gasteiger partial charge in [0.25, 0.3) is 0 Å². The molecule has 1 saturated heterocycles. The van der Waals surface area contributed by atoms with Crippen LogP contribution in [-0.2, 0) is 9.31 Å². The SMILES string of the molecule is CC1(C)OB(c2cccc3c2Oc2ccccc2[Si]3(C)C)OC1(C)C. The highest BCUT2D eigenvalue weighted by Crippen LogP contribution is 2.38. The highest BCUT2D eigenvalue weighted by atomic mass is 28.3. The highest BCUT2D eigenvalue weighted by molar-refractivity contribution is 7.02. The quantitative estimate of drug-likeness (QED) is 0.739. The van der Waals surface area contributed by atoms with Crippen molar-refractivity contribution in [2.45, 2.75) is 52.0 Å². The lowest BCUT2D eigenvalue weighted by Gasteiger charge is -2.34. The predicted molar refractivity (Wildman–Crippen MR) is 105 cm³/mol. The average molecular weight is 352 g/mol. The molecule has 2 aliphatic heterocycles. The van der Waals surface area contributed by atoms with Crippen molar-refractivity contribution < 1.29 is 14.0 Å². The number of rotatable bonds is 1. The van der Waals surface area contributed by atoms with Gasteiger partial charge in [0.15, 0.2) is 0 Å². The first kappa shape index (κ1) is 16.9. The Labute approximate surface area is 151 Å². The lowest BCUT2D eigenvalue weighted by atomic mass is 9.78. The summed E-state index contributed by atoms with van der Waals surface area (Å²) in [5.74, 6) is 1.90. The fraction of sp³-hybridized carbons (Fsp3) is 0.400. The molecule has 1 fully saturated rings. The molecular formula is C20H25BO3Si. The summed E-state index contributed by atoms with van der Waals surface area (Å²) in [6.07, 6.45) is 0. The third-order valence-corrected chi connectivity index (χ3v) is 9.50. The van der Waals surface area contributed by atoms with Crippen molar-refractivity contribution >= 4 is 31.0 Å². The number of para-hydroxylation sites is 2. The first-order valence-corrected chi connectivity index (χ1v) is 11.9. The molecule has 4 rings (SSSR count). The maximum atomic E-state index is 6.37. The molecule has 2 aromatic rings. The molecule has 0 spiro atoms. The molecule has 0 N–H and O–H groups in total. The standard InChI is InChI=1S/C20H25BO3Si/c1-19(2)20(3,4)24-21(23-19)14-10-9-13-17-18(14)22-15-11-7-8-12-16(15)25(17,5)6/h7-13H,1-6H3. The molecule has 0 aliphatic carbocycles. The van der Waals surface area contributed by atoms with Crippen molar-refractivity contribution in [2.24, 2.45) is 0 Å². The minimum Gasteiger partial charge on any atom is -0.458 e. The van der Waals surface area contributed by atoms with Crippen LogP contribution in [0.3, 0.4) is 0 Å². The predicted octanol–water partition coefficient (Wildman–Crippen LogP) is 2.91. The summed E-state index contributed by atoms with van der Waals surface area (Å²) in [6, 6.07) is 14.8. The smallest absolute Gasteiger partial charge is 0.458 e. The van der Waals surface area contributed by atoms with Crippen LogP contribution in [0.5, 0.6) is 11.5 Å². The molecule has 2 aliphatic rings. The number of ether oxygens (including phenoxy) is 1. The number of hydrogen-bond acceptors (Lipinski definition) is 3. The van der Waals surface area contributed by atoms with Crippen LogP contribution in [0.25, 0.3) is 0 Å². The Balaban J connectivity index is 1.83. The second kappa shape index (κ2) is 5.22. The molecule has 0 bridgehead atoms. The Kier molecular flexibility index (Phi) is 3.53. The van der Waals surface area contributed by atoms with Gasteiger partial charge in [-0.3, -0.25) is 0 Å². The Bertz CT molecular complexity index is 829. The van der Waals surface area contributed by atoms with E-state index in [-0.39, 0.29) is 11.2 Å². The van der Waals surface area contributed by atoms with Gasteiger partial charge in [-0.15, -0.1) is 0 Å². The van der Waals surface area contributed by atoms with Gasteiger partial charge in [-0.2, -0.15) is 0 Å². The van der Waals surface area contributed by atoms with Gasteiger partial charge in [-0.25, -0.2) is 0 Å². The summed E-state index contributed by atoms with van der Waals surface area (Å²) >= 11 is 0. The van der Waals surface area contributed by atoms with Crippen molar-refractivity contribution in [1.82, 2.24) is 0 Å². The molecule has 5 heteroatoms. The fourth-order valence-electron chi connectivity index (χ4n) is 3.64. The number of benzene rings is 2. The van der Waals surface area contributed by atoms with Crippen molar-refractivity contribution in [1.29, 1.82) is 0 Å². The van der Waals surface area contributed by atoms with E-state index in [4.69, 9.17) is 14.0 Å². The van der Waals surface area contributed by atoms with Crippen LogP contribution >= 0.6 is 0 Å². The summed E-state index contributed by atoms with van der Waals surface area (Å²) in [6.45, 7) is 13.1. The van der Waals surface area contributed by atoms with Crippen molar-refractivity contribution in [3.63, 3.8) is 0 Å². The van der Waals surface area contributed by atoms with E-state index in [0.29, 0.717) is 0 Å². The van der Waals surface area contributed by atoms with E-state index in [2.05, 4.69) is 77.2 Å². The van der Waals surface area contributed by atoms with Crippen molar-refractivity contribution in [3.8, 4) is 11.5 Å². The minimum atomic E-state index is -1.82. The zero-order chi connectivity index (χ0) is 18.0. The van der Waals surface area contributed by atoms with Gasteiger partial charge in [-0.1, -0.05) is 49.5 Å². The molecule has 0 amide bonds. The van der Waals surface area contributed by atoms with E-state index in [0.717, 1.165) is 17.0 Å². The van der Waals surface area contributed by atoms with Gasteiger partial charge in [0, 0.05) is 5.46 Å². The minimum absolute atomic E-state index is 0.361. The molecular weight excluding hydrogens is 327 g/mol. The Morgan fingerprint density at radius 3 is 2.08 bits per heavy atom. The molecule has 0 radical (unpaired) electrons. The molecule has 3 nitrogen and oxygen atoms in total. The number of fused-ring (bicyclic) bond motifs is 2. The van der Waals surface area contributed by atoms with E-state index >= 15 is 0 Å². The molecule has 0 aromatic heterocycles. The van der Waals surface area contributed by atoms with Crippen LogP contribution in [0.2, 0.25) is 13.1 Å². The fourth-order valence-corrected chi connectivity index (χ4v) is 6.47. The number of hydrogen-bond donors (Lipinski definition) is 0. The van der Waals surface area contributed by atoms with Crippen LogP contribution in [-0.4, -0.2) is 26.4 Å². The Morgan fingerprint density at radius 1 is 0.800 bits per heavy atom. The monoisotopic (exact) mass is 352 g/mol. The van der Waals surface area contributed by atoms with E-state index < -0.39 is 15.2 Å². The van der Waals surface area contributed by atoms with Crippen LogP contribution in [0.4, 0.5) is 0 Å². The molecule has 130 valence electrons. The lowest BCUT2D eigenvalue weighted by Crippen LogP contribution is -2.58. The summed E-state index contributed by atoms with van der Waals surface area (Å²) in [5.41, 5.74) is 0.269. The second-order valence-electron chi connectivity index (χ2n) is 8.54. The highest BCUT2D eigenvalue weighted by Gasteiger charge is 2.53. The second-order valence-corrected chi connectivity index (χ2v) is 12.9. The summed E-state index contributed by atoms with van der Waals surface area (Å²) < 4.78 is 18.9. The zero-order valence-electron chi connectivity index (χ0n) is 15.8. The molecule has 0 unspecified atom stereocenters. The van der Waals surface area contributed by atoms with E-state index in [1.54, 1.807) is 0 Å². The Hall–Kier alpha value is -1.56. The van der Waals surface area contributed by atoms with Gasteiger partial charge in [0.1, 0.15) is 19.6 Å². The van der Waals surface area contributed by atoms with Crippen LogP contribution in [0.15, 0.2) is 42.5 Å². The molecule has 2 heterocycles. The van der Waals surface area contributed by atoms with Crippen LogP contribution < -0.4 is 20.6 Å². The maximum absolute atomic E-state index is 6.37. The van der Waals surface area contributed by atoms with Crippen molar-refractivity contribution in [3.05, 3.63) is 42.5 Å². The Morgan fingerprint density at radius 2 is 1.40 bits per heavy atom. The van der Waals surface area contributed by atoms with E-state index in [9.17, 15) is 0 Å².